The maximum Gasteiger partial charge on any atom is 0.223 e. The van der Waals surface area contributed by atoms with Crippen LogP contribution in [0.4, 0.5) is 0 Å². The highest BCUT2D eigenvalue weighted by Gasteiger charge is 2.16. The van der Waals surface area contributed by atoms with Crippen LogP contribution in [0.3, 0.4) is 0 Å². The molecule has 0 spiro atoms. The van der Waals surface area contributed by atoms with E-state index in [0.29, 0.717) is 19.6 Å². The first-order valence-electron chi connectivity index (χ1n) is 7.48. The Morgan fingerprint density at radius 1 is 1.38 bits per heavy atom. The molecule has 0 aliphatic rings. The third-order valence-corrected chi connectivity index (χ3v) is 3.02. The second-order valence-electron chi connectivity index (χ2n) is 6.74. The third-order valence-electron chi connectivity index (χ3n) is 3.02. The summed E-state index contributed by atoms with van der Waals surface area (Å²) in [5.41, 5.74) is 7.32. The van der Waals surface area contributed by atoms with E-state index in [2.05, 4.69) is 26.1 Å². The second-order valence-corrected chi connectivity index (χ2v) is 6.74. The van der Waals surface area contributed by atoms with E-state index in [-0.39, 0.29) is 17.4 Å². The van der Waals surface area contributed by atoms with Crippen molar-refractivity contribution < 1.29 is 9.53 Å². The molecule has 0 aliphatic heterocycles. The number of amides is 1. The van der Waals surface area contributed by atoms with Crippen molar-refractivity contribution in [2.24, 2.45) is 11.1 Å². The molecule has 1 rings (SSSR count). The fourth-order valence-corrected chi connectivity index (χ4v) is 2.16. The number of nitrogens with two attached hydrogens (primary N) is 1. The predicted octanol–water partition coefficient (Wildman–Crippen LogP) is 2.64. The molecule has 1 atom stereocenters. The van der Waals surface area contributed by atoms with Gasteiger partial charge in [-0.1, -0.05) is 32.9 Å². The maximum absolute atomic E-state index is 11.7. The van der Waals surface area contributed by atoms with Crippen molar-refractivity contribution in [3.63, 3.8) is 0 Å². The number of hydrogen-bond acceptors (Lipinski definition) is 3. The lowest BCUT2D eigenvalue weighted by atomic mass is 9.88. The molecule has 1 amide bonds. The summed E-state index contributed by atoms with van der Waals surface area (Å²) in [6.07, 6.45) is 1.23. The van der Waals surface area contributed by atoms with Crippen molar-refractivity contribution in [3.05, 3.63) is 29.8 Å². The van der Waals surface area contributed by atoms with E-state index >= 15 is 0 Å². The van der Waals surface area contributed by atoms with E-state index in [1.807, 2.05) is 31.2 Å². The Hall–Kier alpha value is -1.55. The molecule has 0 aliphatic carbocycles. The molecule has 3 N–H and O–H groups in total. The topological polar surface area (TPSA) is 64.3 Å². The van der Waals surface area contributed by atoms with Gasteiger partial charge in [0.2, 0.25) is 5.91 Å². The maximum atomic E-state index is 11.7. The zero-order valence-electron chi connectivity index (χ0n) is 13.6. The van der Waals surface area contributed by atoms with Crippen LogP contribution in [0, 0.1) is 12.3 Å². The zero-order chi connectivity index (χ0) is 15.9. The minimum absolute atomic E-state index is 0.00774. The lowest BCUT2D eigenvalue weighted by Crippen LogP contribution is -2.39. The van der Waals surface area contributed by atoms with Crippen LogP contribution >= 0.6 is 0 Å². The van der Waals surface area contributed by atoms with Crippen molar-refractivity contribution in [2.45, 2.75) is 46.6 Å². The van der Waals surface area contributed by atoms with Crippen LogP contribution in [0.2, 0.25) is 0 Å². The van der Waals surface area contributed by atoms with Gasteiger partial charge in [0.25, 0.3) is 0 Å². The van der Waals surface area contributed by atoms with Gasteiger partial charge in [0, 0.05) is 12.6 Å². The van der Waals surface area contributed by atoms with Crippen LogP contribution in [0.1, 0.15) is 39.2 Å². The van der Waals surface area contributed by atoms with Gasteiger partial charge in [-0.25, -0.2) is 0 Å². The van der Waals surface area contributed by atoms with Gasteiger partial charge >= 0.3 is 0 Å². The van der Waals surface area contributed by atoms with Crippen LogP contribution in [0.15, 0.2) is 24.3 Å². The van der Waals surface area contributed by atoms with Crippen molar-refractivity contribution in [1.82, 2.24) is 5.32 Å². The van der Waals surface area contributed by atoms with E-state index in [0.717, 1.165) is 17.7 Å². The van der Waals surface area contributed by atoms with E-state index in [1.54, 1.807) is 0 Å². The molecule has 1 unspecified atom stereocenters. The Labute approximate surface area is 128 Å². The number of ether oxygens (including phenoxy) is 1. The molecule has 118 valence electrons. The molecule has 4 heteroatoms. The predicted molar refractivity (Wildman–Crippen MR) is 86.3 cm³/mol. The summed E-state index contributed by atoms with van der Waals surface area (Å²) >= 11 is 0. The summed E-state index contributed by atoms with van der Waals surface area (Å²) in [5, 5.41) is 2.86. The minimum Gasteiger partial charge on any atom is -0.493 e. The number of aryl methyl sites for hydroxylation is 1. The molecule has 0 fully saturated rings. The Balaban J connectivity index is 2.20. The van der Waals surface area contributed by atoms with Crippen LogP contribution in [-0.4, -0.2) is 25.1 Å². The highest BCUT2D eigenvalue weighted by Crippen LogP contribution is 2.19. The number of nitrogens with one attached hydrogen (secondary N) is 1. The number of carbonyl (C=O) groups is 1. The fourth-order valence-electron chi connectivity index (χ4n) is 2.16. The molecule has 0 bridgehead atoms. The molecule has 21 heavy (non-hydrogen) atoms. The summed E-state index contributed by atoms with van der Waals surface area (Å²) < 4.78 is 5.55. The van der Waals surface area contributed by atoms with Crippen LogP contribution in [-0.2, 0) is 4.79 Å². The van der Waals surface area contributed by atoms with Gasteiger partial charge in [0.15, 0.2) is 0 Å². The quantitative estimate of drug-likeness (QED) is 0.812. The van der Waals surface area contributed by atoms with Gasteiger partial charge in [-0.15, -0.1) is 0 Å². The Bertz CT molecular complexity index is 452. The number of hydrogen-bond donors (Lipinski definition) is 2. The molecule has 0 radical (unpaired) electrons. The van der Waals surface area contributed by atoms with E-state index in [1.165, 1.54) is 0 Å². The normalized spacial score (nSPS) is 12.8. The second kappa shape index (κ2) is 8.03. The first kappa shape index (κ1) is 17.5. The molecule has 0 saturated heterocycles. The zero-order valence-corrected chi connectivity index (χ0v) is 13.6. The highest BCUT2D eigenvalue weighted by atomic mass is 16.5. The average molecular weight is 292 g/mol. The van der Waals surface area contributed by atoms with Gasteiger partial charge in [-0.2, -0.15) is 0 Å². The van der Waals surface area contributed by atoms with Crippen LogP contribution in [0.25, 0.3) is 0 Å². The van der Waals surface area contributed by atoms with Gasteiger partial charge in [-0.05, 0) is 36.5 Å². The summed E-state index contributed by atoms with van der Waals surface area (Å²) in [6, 6.07) is 7.79. The first-order chi connectivity index (χ1) is 9.76. The molecule has 4 nitrogen and oxygen atoms in total. The SMILES string of the molecule is Cc1cccc(OCCC(=O)NCC(N)CC(C)(C)C)c1. The summed E-state index contributed by atoms with van der Waals surface area (Å²) in [4.78, 5) is 11.7. The monoisotopic (exact) mass is 292 g/mol. The number of benzene rings is 1. The molecule has 1 aromatic rings. The van der Waals surface area contributed by atoms with Gasteiger partial charge < -0.3 is 15.8 Å². The lowest BCUT2D eigenvalue weighted by Gasteiger charge is -2.23. The smallest absolute Gasteiger partial charge is 0.223 e. The van der Waals surface area contributed by atoms with Crippen molar-refractivity contribution in [3.8, 4) is 5.75 Å². The van der Waals surface area contributed by atoms with Crippen molar-refractivity contribution in [2.75, 3.05) is 13.2 Å². The van der Waals surface area contributed by atoms with Crippen LogP contribution < -0.4 is 15.8 Å². The fraction of sp³-hybridized carbons (Fsp3) is 0.588. The van der Waals surface area contributed by atoms with E-state index in [4.69, 9.17) is 10.5 Å². The Morgan fingerprint density at radius 2 is 2.10 bits per heavy atom. The number of carbonyl (C=O) groups excluding carboxylic acids is 1. The molecule has 0 aromatic heterocycles. The highest BCUT2D eigenvalue weighted by molar-refractivity contribution is 5.76. The van der Waals surface area contributed by atoms with Gasteiger partial charge in [0.1, 0.15) is 5.75 Å². The Kier molecular flexibility index (Phi) is 6.69. The van der Waals surface area contributed by atoms with E-state index < -0.39 is 0 Å². The minimum atomic E-state index is -0.0213. The number of rotatable bonds is 7. The van der Waals surface area contributed by atoms with E-state index in [9.17, 15) is 4.79 Å². The first-order valence-corrected chi connectivity index (χ1v) is 7.48. The molecular weight excluding hydrogens is 264 g/mol. The van der Waals surface area contributed by atoms with Crippen molar-refractivity contribution >= 4 is 5.91 Å². The standard InChI is InChI=1S/C17H28N2O2/c1-13-6-5-7-15(10-13)21-9-8-16(20)19-12-14(18)11-17(2,3)4/h5-7,10,14H,8-9,11-12,18H2,1-4H3,(H,19,20). The third kappa shape index (κ3) is 8.35. The van der Waals surface area contributed by atoms with Crippen molar-refractivity contribution in [1.29, 1.82) is 0 Å². The van der Waals surface area contributed by atoms with Gasteiger partial charge in [0.05, 0.1) is 13.0 Å². The molecule has 1 aromatic carbocycles. The van der Waals surface area contributed by atoms with Crippen LogP contribution in [0.5, 0.6) is 5.75 Å². The molecule has 0 heterocycles. The molecule has 0 saturated carbocycles. The average Bonchev–Trinajstić information content (AvgIpc) is 2.34. The lowest BCUT2D eigenvalue weighted by molar-refractivity contribution is -0.121. The molecular formula is C17H28N2O2. The summed E-state index contributed by atoms with van der Waals surface area (Å²) in [5.74, 6) is 0.777. The Morgan fingerprint density at radius 3 is 2.71 bits per heavy atom. The van der Waals surface area contributed by atoms with Gasteiger partial charge in [-0.3, -0.25) is 4.79 Å². The summed E-state index contributed by atoms with van der Waals surface area (Å²) in [6.45, 7) is 9.33. The summed E-state index contributed by atoms with van der Waals surface area (Å²) in [7, 11) is 0. The largest absolute Gasteiger partial charge is 0.493 e.